The summed E-state index contributed by atoms with van der Waals surface area (Å²) in [5, 5.41) is 11.2. The van der Waals surface area contributed by atoms with Crippen LogP contribution in [0.25, 0.3) is 0 Å². The Kier molecular flexibility index (Phi) is 3.20. The maximum Gasteiger partial charge on any atom is 0.274 e. The number of H-pyrrole nitrogens is 1. The van der Waals surface area contributed by atoms with Gasteiger partial charge in [-0.15, -0.1) is 0 Å². The van der Waals surface area contributed by atoms with Crippen molar-refractivity contribution in [1.82, 2.24) is 25.2 Å². The summed E-state index contributed by atoms with van der Waals surface area (Å²) in [4.78, 5) is 18.7. The number of aromatic nitrogens is 4. The number of nitrogens with zero attached hydrogens (tertiary/aromatic N) is 4. The third-order valence-electron chi connectivity index (χ3n) is 4.52. The van der Waals surface area contributed by atoms with Crippen LogP contribution in [0.1, 0.15) is 65.4 Å². The lowest BCUT2D eigenvalue weighted by atomic mass is 9.96. The van der Waals surface area contributed by atoms with Crippen LogP contribution in [0.4, 0.5) is 0 Å². The molecule has 1 aliphatic heterocycles. The minimum absolute atomic E-state index is 0.0193. The molecule has 22 heavy (non-hydrogen) atoms. The summed E-state index contributed by atoms with van der Waals surface area (Å²) in [7, 11) is 0. The van der Waals surface area contributed by atoms with Crippen molar-refractivity contribution in [2.24, 2.45) is 0 Å². The van der Waals surface area contributed by atoms with Gasteiger partial charge in [-0.3, -0.25) is 9.89 Å². The highest BCUT2D eigenvalue weighted by Gasteiger charge is 2.30. The van der Waals surface area contributed by atoms with Crippen molar-refractivity contribution >= 4 is 5.91 Å². The first kappa shape index (κ1) is 13.5. The van der Waals surface area contributed by atoms with Crippen LogP contribution in [-0.4, -0.2) is 44.2 Å². The van der Waals surface area contributed by atoms with E-state index in [-0.39, 0.29) is 11.8 Å². The highest BCUT2D eigenvalue weighted by atomic mass is 16.5. The number of aryl methyl sites for hydroxylation is 1. The fraction of sp³-hybridized carbons (Fsp3) is 0.600. The lowest BCUT2D eigenvalue weighted by Gasteiger charge is -2.30. The normalized spacial score (nSPS) is 19.6. The molecule has 0 radical (unpaired) electrons. The van der Waals surface area contributed by atoms with Gasteiger partial charge < -0.3 is 9.42 Å². The minimum atomic E-state index is 0.0193. The van der Waals surface area contributed by atoms with Crippen molar-refractivity contribution in [3.63, 3.8) is 0 Å². The van der Waals surface area contributed by atoms with E-state index in [4.69, 9.17) is 4.52 Å². The maximum atomic E-state index is 12.5. The van der Waals surface area contributed by atoms with Crippen molar-refractivity contribution in [2.75, 3.05) is 13.1 Å². The number of aromatic amines is 1. The van der Waals surface area contributed by atoms with E-state index >= 15 is 0 Å². The van der Waals surface area contributed by atoms with Gasteiger partial charge in [0, 0.05) is 37.5 Å². The molecule has 1 saturated heterocycles. The van der Waals surface area contributed by atoms with Crippen molar-refractivity contribution in [2.45, 2.75) is 44.4 Å². The molecule has 0 bridgehead atoms. The van der Waals surface area contributed by atoms with Gasteiger partial charge in [-0.1, -0.05) is 5.16 Å². The lowest BCUT2D eigenvalue weighted by molar-refractivity contribution is 0.0704. The predicted octanol–water partition coefficient (Wildman–Crippen LogP) is 2.00. The molecule has 1 amide bonds. The van der Waals surface area contributed by atoms with Crippen molar-refractivity contribution in [3.8, 4) is 0 Å². The first-order valence-electron chi connectivity index (χ1n) is 7.85. The molecule has 2 aliphatic rings. The third-order valence-corrected chi connectivity index (χ3v) is 4.52. The Hall–Kier alpha value is -2.18. The van der Waals surface area contributed by atoms with Crippen LogP contribution in [0, 0.1) is 6.92 Å². The van der Waals surface area contributed by atoms with Crippen LogP contribution in [0.3, 0.4) is 0 Å². The molecule has 2 fully saturated rings. The number of hydrogen-bond acceptors (Lipinski definition) is 5. The standard InChI is InChI=1S/C15H19N5O2/c1-9-16-14(19-22-9)11-4-6-20(7-5-11)15(21)13-8-12(17-18-13)10-2-3-10/h8,10-11H,2-7H2,1H3,(H,17,18). The summed E-state index contributed by atoms with van der Waals surface area (Å²) in [6.45, 7) is 3.22. The third kappa shape index (κ3) is 2.51. The summed E-state index contributed by atoms with van der Waals surface area (Å²) in [5.41, 5.74) is 1.64. The van der Waals surface area contributed by atoms with E-state index in [9.17, 15) is 4.79 Å². The molecule has 0 atom stereocenters. The van der Waals surface area contributed by atoms with Gasteiger partial charge in [-0.2, -0.15) is 10.1 Å². The molecule has 0 aromatic carbocycles. The van der Waals surface area contributed by atoms with E-state index in [0.717, 1.165) is 24.4 Å². The maximum absolute atomic E-state index is 12.5. The Labute approximate surface area is 128 Å². The SMILES string of the molecule is Cc1nc(C2CCN(C(=O)c3cc(C4CC4)[nH]n3)CC2)no1. The van der Waals surface area contributed by atoms with Gasteiger partial charge >= 0.3 is 0 Å². The number of nitrogens with one attached hydrogen (secondary N) is 1. The summed E-state index contributed by atoms with van der Waals surface area (Å²) < 4.78 is 5.04. The Morgan fingerprint density at radius 3 is 2.68 bits per heavy atom. The molecule has 1 aliphatic carbocycles. The average Bonchev–Trinajstić information content (AvgIpc) is 3.11. The van der Waals surface area contributed by atoms with Crippen molar-refractivity contribution in [1.29, 1.82) is 0 Å². The summed E-state index contributed by atoms with van der Waals surface area (Å²) in [5.74, 6) is 2.24. The van der Waals surface area contributed by atoms with Gasteiger partial charge in [0.15, 0.2) is 5.82 Å². The second-order valence-corrected chi connectivity index (χ2v) is 6.22. The highest BCUT2D eigenvalue weighted by Crippen LogP contribution is 2.39. The summed E-state index contributed by atoms with van der Waals surface area (Å²) in [6, 6.07) is 1.91. The number of rotatable bonds is 3. The monoisotopic (exact) mass is 301 g/mol. The largest absolute Gasteiger partial charge is 0.340 e. The van der Waals surface area contributed by atoms with E-state index in [1.807, 2.05) is 11.0 Å². The van der Waals surface area contributed by atoms with Crippen LogP contribution in [0.5, 0.6) is 0 Å². The Bertz CT molecular complexity index is 680. The van der Waals surface area contributed by atoms with Crippen LogP contribution in [-0.2, 0) is 0 Å². The molecule has 3 heterocycles. The predicted molar refractivity (Wildman–Crippen MR) is 77.5 cm³/mol. The zero-order valence-electron chi connectivity index (χ0n) is 12.6. The number of amides is 1. The first-order valence-corrected chi connectivity index (χ1v) is 7.85. The second kappa shape index (κ2) is 5.23. The highest BCUT2D eigenvalue weighted by molar-refractivity contribution is 5.92. The molecular formula is C15H19N5O2. The first-order chi connectivity index (χ1) is 10.7. The molecule has 4 rings (SSSR count). The number of likely N-dealkylation sites (tertiary alicyclic amines) is 1. The number of hydrogen-bond donors (Lipinski definition) is 1. The van der Waals surface area contributed by atoms with Gasteiger partial charge in [-0.25, -0.2) is 0 Å². The van der Waals surface area contributed by atoms with Gasteiger partial charge in [0.1, 0.15) is 5.69 Å². The number of carbonyl (C=O) groups excluding carboxylic acids is 1. The van der Waals surface area contributed by atoms with Gasteiger partial charge in [-0.05, 0) is 31.7 Å². The van der Waals surface area contributed by atoms with Gasteiger partial charge in [0.05, 0.1) is 0 Å². The topological polar surface area (TPSA) is 87.9 Å². The molecule has 1 saturated carbocycles. The minimum Gasteiger partial charge on any atom is -0.340 e. The zero-order valence-corrected chi connectivity index (χ0v) is 12.6. The molecule has 0 spiro atoms. The van der Waals surface area contributed by atoms with Crippen LogP contribution in [0.15, 0.2) is 10.6 Å². The van der Waals surface area contributed by atoms with Gasteiger partial charge in [0.2, 0.25) is 5.89 Å². The molecule has 0 unspecified atom stereocenters. The second-order valence-electron chi connectivity index (χ2n) is 6.22. The van der Waals surface area contributed by atoms with E-state index < -0.39 is 0 Å². The number of piperidine rings is 1. The molecule has 116 valence electrons. The molecule has 7 nitrogen and oxygen atoms in total. The fourth-order valence-corrected chi connectivity index (χ4v) is 3.03. The van der Waals surface area contributed by atoms with Crippen LogP contribution < -0.4 is 0 Å². The van der Waals surface area contributed by atoms with Crippen molar-refractivity contribution in [3.05, 3.63) is 29.2 Å². The molecule has 2 aromatic rings. The fourth-order valence-electron chi connectivity index (χ4n) is 3.03. The number of carbonyl (C=O) groups is 1. The lowest BCUT2D eigenvalue weighted by Crippen LogP contribution is -2.38. The van der Waals surface area contributed by atoms with E-state index in [1.165, 1.54) is 12.8 Å². The average molecular weight is 301 g/mol. The van der Waals surface area contributed by atoms with Gasteiger partial charge in [0.25, 0.3) is 5.91 Å². The molecular weight excluding hydrogens is 282 g/mol. The molecule has 1 N–H and O–H groups in total. The Balaban J connectivity index is 1.38. The zero-order chi connectivity index (χ0) is 15.1. The summed E-state index contributed by atoms with van der Waals surface area (Å²) >= 11 is 0. The summed E-state index contributed by atoms with van der Waals surface area (Å²) in [6.07, 6.45) is 4.13. The quantitative estimate of drug-likeness (QED) is 0.936. The molecule has 7 heteroatoms. The Morgan fingerprint density at radius 2 is 2.05 bits per heavy atom. The van der Waals surface area contributed by atoms with E-state index in [1.54, 1.807) is 6.92 Å². The van der Waals surface area contributed by atoms with E-state index in [2.05, 4.69) is 20.3 Å². The van der Waals surface area contributed by atoms with Crippen molar-refractivity contribution < 1.29 is 9.32 Å². The van der Waals surface area contributed by atoms with Crippen LogP contribution in [0.2, 0.25) is 0 Å². The molecule has 2 aromatic heterocycles. The Morgan fingerprint density at radius 1 is 1.27 bits per heavy atom. The van der Waals surface area contributed by atoms with Crippen LogP contribution >= 0.6 is 0 Å². The van der Waals surface area contributed by atoms with E-state index in [0.29, 0.717) is 30.6 Å². The smallest absolute Gasteiger partial charge is 0.274 e.